The van der Waals surface area contributed by atoms with Gasteiger partial charge in [-0.15, -0.1) is 0 Å². The van der Waals surface area contributed by atoms with E-state index in [1.165, 1.54) is 6.07 Å². The molecule has 0 spiro atoms. The third-order valence-corrected chi connectivity index (χ3v) is 4.67. The van der Waals surface area contributed by atoms with Crippen molar-refractivity contribution in [2.75, 3.05) is 0 Å². The molecule has 0 aliphatic heterocycles. The first-order valence-electron chi connectivity index (χ1n) is 5.62. The van der Waals surface area contributed by atoms with Crippen molar-refractivity contribution in [3.8, 4) is 0 Å². The van der Waals surface area contributed by atoms with Crippen molar-refractivity contribution in [1.29, 1.82) is 0 Å². The highest BCUT2D eigenvalue weighted by molar-refractivity contribution is 14.1. The van der Waals surface area contributed by atoms with Gasteiger partial charge in [-0.1, -0.05) is 33.6 Å². The largest absolute Gasteiger partial charge is 0.324 e. The third kappa shape index (κ3) is 3.68. The highest BCUT2D eigenvalue weighted by Crippen LogP contribution is 2.28. The number of benzene rings is 2. The van der Waals surface area contributed by atoms with Crippen LogP contribution in [0.3, 0.4) is 0 Å². The zero-order valence-corrected chi connectivity index (χ0v) is 14.3. The molecular weight excluding hydrogens is 443 g/mol. The van der Waals surface area contributed by atoms with Gasteiger partial charge in [0.1, 0.15) is 5.82 Å². The first kappa shape index (κ1) is 15.2. The molecule has 0 bridgehead atoms. The number of nitrogens with two attached hydrogens (primary N) is 1. The van der Waals surface area contributed by atoms with E-state index in [0.29, 0.717) is 17.0 Å². The van der Waals surface area contributed by atoms with Crippen molar-refractivity contribution in [1.82, 2.24) is 0 Å². The van der Waals surface area contributed by atoms with E-state index in [4.69, 9.17) is 17.3 Å². The maximum absolute atomic E-state index is 13.8. The molecule has 0 saturated heterocycles. The average molecular weight is 455 g/mol. The van der Waals surface area contributed by atoms with E-state index < -0.39 is 0 Å². The van der Waals surface area contributed by atoms with Gasteiger partial charge in [0.25, 0.3) is 0 Å². The molecule has 0 saturated carbocycles. The lowest BCUT2D eigenvalue weighted by molar-refractivity contribution is 0.593. The van der Waals surface area contributed by atoms with Crippen LogP contribution in [0.2, 0.25) is 5.02 Å². The Kier molecular flexibility index (Phi) is 5.22. The summed E-state index contributed by atoms with van der Waals surface area (Å²) in [4.78, 5) is 0. The van der Waals surface area contributed by atoms with Crippen LogP contribution in [-0.2, 0) is 6.42 Å². The summed E-state index contributed by atoms with van der Waals surface area (Å²) in [6.45, 7) is 0. The van der Waals surface area contributed by atoms with Gasteiger partial charge in [-0.25, -0.2) is 4.39 Å². The lowest BCUT2D eigenvalue weighted by atomic mass is 9.99. The van der Waals surface area contributed by atoms with Crippen molar-refractivity contribution in [2.24, 2.45) is 5.73 Å². The summed E-state index contributed by atoms with van der Waals surface area (Å²) in [5.74, 6) is -0.312. The van der Waals surface area contributed by atoms with Crippen LogP contribution in [-0.4, -0.2) is 0 Å². The summed E-state index contributed by atoms with van der Waals surface area (Å²) < 4.78 is 15.8. The van der Waals surface area contributed by atoms with E-state index in [0.717, 1.165) is 13.6 Å². The molecule has 0 fully saturated rings. The molecule has 1 nitrogen and oxygen atoms in total. The Hall–Kier alpha value is -0.170. The Morgan fingerprint density at radius 3 is 2.74 bits per heavy atom. The first-order chi connectivity index (χ1) is 8.99. The second-order valence-corrected chi connectivity index (χ2v) is 6.66. The molecule has 0 amide bonds. The normalized spacial score (nSPS) is 12.5. The van der Waals surface area contributed by atoms with E-state index in [9.17, 15) is 4.39 Å². The molecule has 0 aliphatic rings. The van der Waals surface area contributed by atoms with Gasteiger partial charge in [-0.2, -0.15) is 0 Å². The van der Waals surface area contributed by atoms with Crippen LogP contribution in [0.5, 0.6) is 0 Å². The fraction of sp³-hybridized carbons (Fsp3) is 0.143. The maximum Gasteiger partial charge on any atom is 0.127 e. The Bertz CT molecular complexity index is 586. The molecule has 0 aliphatic carbocycles. The van der Waals surface area contributed by atoms with Gasteiger partial charge >= 0.3 is 0 Å². The lowest BCUT2D eigenvalue weighted by Gasteiger charge is -2.16. The van der Waals surface area contributed by atoms with Crippen molar-refractivity contribution in [3.63, 3.8) is 0 Å². The van der Waals surface area contributed by atoms with Gasteiger partial charge in [-0.3, -0.25) is 0 Å². The summed E-state index contributed by atoms with van der Waals surface area (Å²) in [5.41, 5.74) is 7.63. The Balaban J connectivity index is 2.31. The van der Waals surface area contributed by atoms with E-state index in [-0.39, 0.29) is 11.9 Å². The molecule has 0 heterocycles. The monoisotopic (exact) mass is 453 g/mol. The van der Waals surface area contributed by atoms with Crippen LogP contribution in [0, 0.1) is 9.39 Å². The Morgan fingerprint density at radius 2 is 2.05 bits per heavy atom. The van der Waals surface area contributed by atoms with Crippen LogP contribution in [0.25, 0.3) is 0 Å². The van der Waals surface area contributed by atoms with E-state index in [1.807, 2.05) is 18.2 Å². The van der Waals surface area contributed by atoms with Crippen LogP contribution in [0.1, 0.15) is 17.2 Å². The first-order valence-corrected chi connectivity index (χ1v) is 7.87. The number of hydrogen-bond acceptors (Lipinski definition) is 1. The molecule has 0 radical (unpaired) electrons. The number of rotatable bonds is 3. The molecule has 2 rings (SSSR count). The Labute approximate surface area is 138 Å². The highest BCUT2D eigenvalue weighted by Gasteiger charge is 2.15. The van der Waals surface area contributed by atoms with Gasteiger partial charge in [0.15, 0.2) is 0 Å². The van der Waals surface area contributed by atoms with Gasteiger partial charge in [-0.05, 0) is 64.9 Å². The minimum absolute atomic E-state index is 0.293. The molecule has 1 unspecified atom stereocenters. The maximum atomic E-state index is 13.8. The highest BCUT2D eigenvalue weighted by atomic mass is 127. The van der Waals surface area contributed by atoms with Crippen LogP contribution in [0.4, 0.5) is 4.39 Å². The SMILES string of the molecule is NC(Cc1c(F)cccc1Cl)c1cc(Br)ccc1I. The average Bonchev–Trinajstić information content (AvgIpc) is 2.37. The molecule has 2 aromatic rings. The molecule has 100 valence electrons. The second-order valence-electron chi connectivity index (χ2n) is 4.18. The molecule has 0 aromatic heterocycles. The van der Waals surface area contributed by atoms with Crippen molar-refractivity contribution in [2.45, 2.75) is 12.5 Å². The van der Waals surface area contributed by atoms with Gasteiger partial charge in [0.2, 0.25) is 0 Å². The predicted molar refractivity (Wildman–Crippen MR) is 88.9 cm³/mol. The Morgan fingerprint density at radius 1 is 1.32 bits per heavy atom. The minimum atomic E-state index is -0.312. The number of hydrogen-bond donors (Lipinski definition) is 1. The van der Waals surface area contributed by atoms with Crippen molar-refractivity contribution in [3.05, 3.63) is 66.4 Å². The molecule has 5 heteroatoms. The fourth-order valence-electron chi connectivity index (χ4n) is 1.86. The molecule has 1 atom stereocenters. The summed E-state index contributed by atoms with van der Waals surface area (Å²) in [6, 6.07) is 10.3. The lowest BCUT2D eigenvalue weighted by Crippen LogP contribution is -2.16. The van der Waals surface area contributed by atoms with Crippen LogP contribution in [0.15, 0.2) is 40.9 Å². The molecule has 2 N–H and O–H groups in total. The molecule has 19 heavy (non-hydrogen) atoms. The summed E-state index contributed by atoms with van der Waals surface area (Å²) >= 11 is 11.7. The molecular formula is C14H11BrClFIN. The third-order valence-electron chi connectivity index (χ3n) is 2.84. The summed E-state index contributed by atoms with van der Waals surface area (Å²) in [7, 11) is 0. The smallest absolute Gasteiger partial charge is 0.127 e. The van der Waals surface area contributed by atoms with E-state index in [2.05, 4.69) is 38.5 Å². The van der Waals surface area contributed by atoms with Crippen LogP contribution >= 0.6 is 50.1 Å². The topological polar surface area (TPSA) is 26.0 Å². The zero-order chi connectivity index (χ0) is 14.0. The predicted octanol–water partition coefficient (Wildman–Crippen LogP) is 5.09. The van der Waals surface area contributed by atoms with Gasteiger partial charge in [0.05, 0.1) is 0 Å². The van der Waals surface area contributed by atoms with Crippen molar-refractivity contribution >= 4 is 50.1 Å². The standard InChI is InChI=1S/C14H11BrClFIN/c15-8-4-5-13(18)10(6-8)14(19)7-9-11(16)2-1-3-12(9)17/h1-6,14H,7,19H2. The van der Waals surface area contributed by atoms with Crippen LogP contribution < -0.4 is 5.73 Å². The van der Waals surface area contributed by atoms with E-state index in [1.54, 1.807) is 12.1 Å². The second kappa shape index (κ2) is 6.52. The minimum Gasteiger partial charge on any atom is -0.324 e. The quantitative estimate of drug-likeness (QED) is 0.643. The fourth-order valence-corrected chi connectivity index (χ4v) is 3.21. The van der Waals surface area contributed by atoms with E-state index >= 15 is 0 Å². The summed E-state index contributed by atoms with van der Waals surface area (Å²) in [5, 5.41) is 0.417. The van der Waals surface area contributed by atoms with Crippen molar-refractivity contribution < 1.29 is 4.39 Å². The van der Waals surface area contributed by atoms with Gasteiger partial charge < -0.3 is 5.73 Å². The van der Waals surface area contributed by atoms with Gasteiger partial charge in [0, 0.05) is 24.7 Å². The summed E-state index contributed by atoms with van der Waals surface area (Å²) in [6.07, 6.45) is 0.373. The zero-order valence-electron chi connectivity index (χ0n) is 9.84. The molecule has 2 aromatic carbocycles. The number of halogens is 4.